The predicted octanol–water partition coefficient (Wildman–Crippen LogP) is 0.839. The lowest BCUT2D eigenvalue weighted by Crippen LogP contribution is -2.46. The Morgan fingerprint density at radius 2 is 1.83 bits per heavy atom. The highest BCUT2D eigenvalue weighted by Gasteiger charge is 2.30. The molecule has 7 nitrogen and oxygen atoms in total. The fraction of sp³-hybridized carbons (Fsp3) is 0.500. The zero-order valence-electron chi connectivity index (χ0n) is 12.8. The van der Waals surface area contributed by atoms with Crippen molar-refractivity contribution < 1.29 is 19.1 Å². The van der Waals surface area contributed by atoms with Crippen LogP contribution in [0.5, 0.6) is 11.5 Å². The number of hydrogen-bond donors (Lipinski definition) is 1. The Morgan fingerprint density at radius 1 is 1.13 bits per heavy atom. The van der Waals surface area contributed by atoms with Crippen molar-refractivity contribution in [3.63, 3.8) is 0 Å². The number of ether oxygens (including phenoxy) is 2. The van der Waals surface area contributed by atoms with E-state index < -0.39 is 0 Å². The number of likely N-dealkylation sites (tertiary alicyclic amines) is 1. The molecule has 0 radical (unpaired) electrons. The van der Waals surface area contributed by atoms with Crippen LogP contribution in [0.2, 0.25) is 0 Å². The molecule has 1 fully saturated rings. The number of benzene rings is 1. The lowest BCUT2D eigenvalue weighted by atomic mass is 10.1. The number of nitrogens with zero attached hydrogens (tertiary/aromatic N) is 2. The minimum Gasteiger partial charge on any atom is -0.486 e. The molecule has 3 aliphatic heterocycles. The van der Waals surface area contributed by atoms with E-state index in [-0.39, 0.29) is 24.9 Å². The molecule has 23 heavy (non-hydrogen) atoms. The summed E-state index contributed by atoms with van der Waals surface area (Å²) in [5, 5.41) is 3.08. The van der Waals surface area contributed by atoms with Crippen LogP contribution >= 0.6 is 0 Å². The van der Waals surface area contributed by atoms with Gasteiger partial charge in [0.05, 0.1) is 17.9 Å². The lowest BCUT2D eigenvalue weighted by molar-refractivity contribution is -0.130. The molecule has 1 aromatic carbocycles. The Hall–Kier alpha value is -2.44. The second kappa shape index (κ2) is 5.64. The predicted molar refractivity (Wildman–Crippen MR) is 84.1 cm³/mol. The minimum absolute atomic E-state index is 0.00131. The van der Waals surface area contributed by atoms with Crippen molar-refractivity contribution in [3.05, 3.63) is 12.1 Å². The number of amides is 2. The molecule has 2 amide bonds. The maximum absolute atomic E-state index is 12.4. The average Bonchev–Trinajstić information content (AvgIpc) is 3.10. The number of hydrogen-bond acceptors (Lipinski definition) is 5. The molecule has 0 aromatic heterocycles. The average molecular weight is 317 g/mol. The van der Waals surface area contributed by atoms with Crippen molar-refractivity contribution in [2.24, 2.45) is 0 Å². The first-order valence-corrected chi connectivity index (χ1v) is 7.98. The van der Waals surface area contributed by atoms with Crippen LogP contribution in [0, 0.1) is 0 Å². The summed E-state index contributed by atoms with van der Waals surface area (Å²) in [5.41, 5.74) is 1.47. The van der Waals surface area contributed by atoms with Gasteiger partial charge in [0.2, 0.25) is 11.8 Å². The van der Waals surface area contributed by atoms with E-state index in [4.69, 9.17) is 9.47 Å². The zero-order chi connectivity index (χ0) is 15.8. The van der Waals surface area contributed by atoms with E-state index in [2.05, 4.69) is 5.32 Å². The normalized spacial score (nSPS) is 19.4. The van der Waals surface area contributed by atoms with Crippen LogP contribution in [0.1, 0.15) is 12.8 Å². The summed E-state index contributed by atoms with van der Waals surface area (Å²) in [6.45, 7) is 2.83. The highest BCUT2D eigenvalue weighted by Crippen LogP contribution is 2.41. The van der Waals surface area contributed by atoms with Gasteiger partial charge in [0.25, 0.3) is 0 Å². The Bertz CT molecular complexity index is 655. The van der Waals surface area contributed by atoms with Gasteiger partial charge in [-0.15, -0.1) is 0 Å². The number of nitrogens with one attached hydrogen (secondary N) is 1. The molecular weight excluding hydrogens is 298 g/mol. The number of rotatable bonds is 2. The van der Waals surface area contributed by atoms with Crippen LogP contribution in [-0.2, 0) is 9.59 Å². The van der Waals surface area contributed by atoms with Gasteiger partial charge in [-0.05, 0) is 12.8 Å². The maximum Gasteiger partial charge on any atom is 0.246 e. The fourth-order valence-electron chi connectivity index (χ4n) is 3.22. The molecule has 1 N–H and O–H groups in total. The van der Waals surface area contributed by atoms with Crippen molar-refractivity contribution >= 4 is 23.2 Å². The molecule has 4 rings (SSSR count). The van der Waals surface area contributed by atoms with Gasteiger partial charge in [0.15, 0.2) is 11.5 Å². The van der Waals surface area contributed by atoms with E-state index in [1.54, 1.807) is 11.0 Å². The van der Waals surface area contributed by atoms with Gasteiger partial charge < -0.3 is 19.7 Å². The SMILES string of the molecule is O=C(CN1C(=O)CNc2cc3c(cc21)OCCO3)N1CCCC1. The summed E-state index contributed by atoms with van der Waals surface area (Å²) in [6.07, 6.45) is 2.08. The fourth-order valence-corrected chi connectivity index (χ4v) is 3.22. The van der Waals surface area contributed by atoms with Gasteiger partial charge in [0, 0.05) is 25.2 Å². The smallest absolute Gasteiger partial charge is 0.246 e. The zero-order valence-corrected chi connectivity index (χ0v) is 12.8. The first kappa shape index (κ1) is 14.2. The van der Waals surface area contributed by atoms with Crippen LogP contribution in [0.3, 0.4) is 0 Å². The van der Waals surface area contributed by atoms with Gasteiger partial charge in [-0.2, -0.15) is 0 Å². The molecular formula is C16H19N3O4. The molecule has 0 bridgehead atoms. The molecule has 0 aliphatic carbocycles. The van der Waals surface area contributed by atoms with E-state index in [9.17, 15) is 9.59 Å². The van der Waals surface area contributed by atoms with E-state index in [0.29, 0.717) is 30.4 Å². The summed E-state index contributed by atoms with van der Waals surface area (Å²) in [5.74, 6) is 1.17. The number of carbonyl (C=O) groups is 2. The summed E-state index contributed by atoms with van der Waals surface area (Å²) in [7, 11) is 0. The molecule has 1 saturated heterocycles. The van der Waals surface area contributed by atoms with Crippen molar-refractivity contribution in [1.82, 2.24) is 4.90 Å². The second-order valence-electron chi connectivity index (χ2n) is 5.93. The van der Waals surface area contributed by atoms with Crippen LogP contribution in [-0.4, -0.2) is 56.1 Å². The Labute approximate surface area is 134 Å². The molecule has 3 aliphatic rings. The standard InChI is InChI=1S/C16H19N3O4/c20-15-9-17-11-7-13-14(23-6-5-22-13)8-12(11)19(15)10-16(21)18-3-1-2-4-18/h7-8,17H,1-6,9-10H2. The third-order valence-electron chi connectivity index (χ3n) is 4.43. The first-order valence-electron chi connectivity index (χ1n) is 7.98. The largest absolute Gasteiger partial charge is 0.486 e. The molecule has 3 heterocycles. The monoisotopic (exact) mass is 317 g/mol. The third kappa shape index (κ3) is 2.56. The second-order valence-corrected chi connectivity index (χ2v) is 5.93. The van der Waals surface area contributed by atoms with Crippen LogP contribution in [0.25, 0.3) is 0 Å². The van der Waals surface area contributed by atoms with Crippen molar-refractivity contribution in [1.29, 1.82) is 0 Å². The molecule has 0 spiro atoms. The molecule has 7 heteroatoms. The topological polar surface area (TPSA) is 71.1 Å². The highest BCUT2D eigenvalue weighted by molar-refractivity contribution is 6.06. The Morgan fingerprint density at radius 3 is 2.57 bits per heavy atom. The Balaban J connectivity index is 1.62. The molecule has 1 aromatic rings. The van der Waals surface area contributed by atoms with Gasteiger partial charge in [-0.25, -0.2) is 0 Å². The third-order valence-corrected chi connectivity index (χ3v) is 4.43. The summed E-state index contributed by atoms with van der Waals surface area (Å²) in [6, 6.07) is 3.62. The number of carbonyl (C=O) groups excluding carboxylic acids is 2. The Kier molecular flexibility index (Phi) is 3.48. The first-order chi connectivity index (χ1) is 11.2. The van der Waals surface area contributed by atoms with Crippen LogP contribution < -0.4 is 19.7 Å². The van der Waals surface area contributed by atoms with Crippen LogP contribution in [0.4, 0.5) is 11.4 Å². The van der Waals surface area contributed by atoms with Crippen molar-refractivity contribution in [2.45, 2.75) is 12.8 Å². The van der Waals surface area contributed by atoms with E-state index in [1.165, 1.54) is 0 Å². The van der Waals surface area contributed by atoms with Gasteiger partial charge >= 0.3 is 0 Å². The summed E-state index contributed by atoms with van der Waals surface area (Å²) < 4.78 is 11.2. The quantitative estimate of drug-likeness (QED) is 0.875. The van der Waals surface area contributed by atoms with Crippen molar-refractivity contribution in [2.75, 3.05) is 49.6 Å². The summed E-state index contributed by atoms with van der Waals surface area (Å²) in [4.78, 5) is 28.1. The maximum atomic E-state index is 12.4. The minimum atomic E-state index is -0.110. The summed E-state index contributed by atoms with van der Waals surface area (Å²) >= 11 is 0. The van der Waals surface area contributed by atoms with E-state index in [0.717, 1.165) is 31.6 Å². The highest BCUT2D eigenvalue weighted by atomic mass is 16.6. The van der Waals surface area contributed by atoms with Crippen molar-refractivity contribution in [3.8, 4) is 11.5 Å². The number of fused-ring (bicyclic) bond motifs is 2. The van der Waals surface area contributed by atoms with E-state index >= 15 is 0 Å². The van der Waals surface area contributed by atoms with Gasteiger partial charge in [-0.3, -0.25) is 14.5 Å². The van der Waals surface area contributed by atoms with Gasteiger partial charge in [-0.1, -0.05) is 0 Å². The van der Waals surface area contributed by atoms with Gasteiger partial charge in [0.1, 0.15) is 19.8 Å². The van der Waals surface area contributed by atoms with E-state index in [1.807, 2.05) is 11.0 Å². The number of anilines is 2. The molecule has 0 saturated carbocycles. The molecule has 122 valence electrons. The molecule has 0 unspecified atom stereocenters. The molecule has 0 atom stereocenters. The van der Waals surface area contributed by atoms with Crippen LogP contribution in [0.15, 0.2) is 12.1 Å². The lowest BCUT2D eigenvalue weighted by Gasteiger charge is -2.32.